The smallest absolute Gasteiger partial charge is 0.408 e. The van der Waals surface area contributed by atoms with Crippen molar-refractivity contribution >= 4 is 18.5 Å². The Hall–Kier alpha value is -1.79. The first-order chi connectivity index (χ1) is 8.76. The third-order valence-corrected chi connectivity index (χ3v) is 2.12. The summed E-state index contributed by atoms with van der Waals surface area (Å²) in [5.41, 5.74) is -0.686. The molecular weight excluding hydrogens is 252 g/mol. The molecule has 0 radical (unpaired) electrons. The van der Waals surface area contributed by atoms with Gasteiger partial charge in [-0.3, -0.25) is 4.79 Å². The van der Waals surface area contributed by atoms with E-state index in [0.717, 1.165) is 0 Å². The van der Waals surface area contributed by atoms with E-state index in [1.54, 1.807) is 20.8 Å². The highest BCUT2D eigenvalue weighted by atomic mass is 16.6. The largest absolute Gasteiger partial charge is 0.548 e. The summed E-state index contributed by atoms with van der Waals surface area (Å²) in [5, 5.41) is 15.6. The summed E-state index contributed by atoms with van der Waals surface area (Å²) in [6, 6.07) is -1.09. The maximum Gasteiger partial charge on any atom is 0.408 e. The van der Waals surface area contributed by atoms with Crippen LogP contribution in [0, 0.1) is 0 Å². The molecular formula is C12H21N2O5-. The third kappa shape index (κ3) is 9.87. The number of hydrogen-bond acceptors (Lipinski definition) is 5. The van der Waals surface area contributed by atoms with Gasteiger partial charge in [0.2, 0.25) is 6.41 Å². The molecule has 0 spiro atoms. The molecule has 0 bridgehead atoms. The highest BCUT2D eigenvalue weighted by Crippen LogP contribution is 2.08. The van der Waals surface area contributed by atoms with Crippen LogP contribution in [0.4, 0.5) is 4.79 Å². The van der Waals surface area contributed by atoms with Gasteiger partial charge in [0.05, 0.1) is 12.0 Å². The molecule has 110 valence electrons. The molecule has 0 aliphatic rings. The lowest BCUT2D eigenvalue weighted by Gasteiger charge is -2.24. The number of rotatable bonds is 8. The van der Waals surface area contributed by atoms with Crippen LogP contribution in [0.15, 0.2) is 0 Å². The molecule has 0 rings (SSSR count). The van der Waals surface area contributed by atoms with Crippen molar-refractivity contribution in [3.8, 4) is 0 Å². The quantitative estimate of drug-likeness (QED) is 0.460. The van der Waals surface area contributed by atoms with E-state index in [4.69, 9.17) is 4.74 Å². The van der Waals surface area contributed by atoms with E-state index in [9.17, 15) is 19.5 Å². The van der Waals surface area contributed by atoms with Crippen LogP contribution in [0.1, 0.15) is 40.0 Å². The Balaban J connectivity index is 4.08. The first-order valence-electron chi connectivity index (χ1n) is 6.13. The van der Waals surface area contributed by atoms with Crippen LogP contribution in [0.5, 0.6) is 0 Å². The predicted molar refractivity (Wildman–Crippen MR) is 66.1 cm³/mol. The van der Waals surface area contributed by atoms with E-state index < -0.39 is 23.7 Å². The fraction of sp³-hybridized carbons (Fsp3) is 0.750. The summed E-state index contributed by atoms with van der Waals surface area (Å²) < 4.78 is 4.96. The van der Waals surface area contributed by atoms with Gasteiger partial charge in [-0.15, -0.1) is 0 Å². The van der Waals surface area contributed by atoms with Crippen LogP contribution >= 0.6 is 0 Å². The number of amides is 2. The standard InChI is InChI=1S/C12H22N2O5/c1-12(2,3)19-11(18)14-9(10(16)17)6-4-5-7-13-8-15/h8-9H,4-7H2,1-3H3,(H,13,15)(H,14,18)(H,16,17)/p-1/t9-/m0/s1. The number of carbonyl (C=O) groups is 3. The second-order valence-electron chi connectivity index (χ2n) is 5.09. The molecule has 7 heteroatoms. The summed E-state index contributed by atoms with van der Waals surface area (Å²) in [5.74, 6) is -1.35. The zero-order valence-corrected chi connectivity index (χ0v) is 11.5. The van der Waals surface area contributed by atoms with Gasteiger partial charge in [0, 0.05) is 6.54 Å². The zero-order valence-electron chi connectivity index (χ0n) is 11.5. The second kappa shape index (κ2) is 8.34. The first kappa shape index (κ1) is 17.2. The lowest BCUT2D eigenvalue weighted by atomic mass is 10.1. The SMILES string of the molecule is CC(C)(C)OC(=O)N[C@@H](CCCCNC=O)C(=O)[O-]. The van der Waals surface area contributed by atoms with E-state index in [-0.39, 0.29) is 6.42 Å². The second-order valence-corrected chi connectivity index (χ2v) is 5.09. The van der Waals surface area contributed by atoms with Gasteiger partial charge < -0.3 is 25.3 Å². The molecule has 19 heavy (non-hydrogen) atoms. The summed E-state index contributed by atoms with van der Waals surface area (Å²) in [7, 11) is 0. The molecule has 0 heterocycles. The van der Waals surface area contributed by atoms with Crippen LogP contribution in [0.25, 0.3) is 0 Å². The molecule has 0 aromatic carbocycles. The van der Waals surface area contributed by atoms with Gasteiger partial charge in [0.15, 0.2) is 0 Å². The van der Waals surface area contributed by atoms with E-state index in [2.05, 4.69) is 10.6 Å². The summed E-state index contributed by atoms with van der Waals surface area (Å²) in [6.45, 7) is 5.53. The number of hydrogen-bond donors (Lipinski definition) is 2. The summed E-state index contributed by atoms with van der Waals surface area (Å²) >= 11 is 0. The summed E-state index contributed by atoms with van der Waals surface area (Å²) in [6.07, 6.45) is 1.18. The van der Waals surface area contributed by atoms with Gasteiger partial charge in [-0.1, -0.05) is 0 Å². The van der Waals surface area contributed by atoms with Crippen molar-refractivity contribution in [3.05, 3.63) is 0 Å². The minimum absolute atomic E-state index is 0.224. The molecule has 2 amide bonds. The number of unbranched alkanes of at least 4 members (excludes halogenated alkanes) is 1. The van der Waals surface area contributed by atoms with E-state index in [1.807, 2.05) is 0 Å². The zero-order chi connectivity index (χ0) is 14.9. The van der Waals surface area contributed by atoms with Gasteiger partial charge in [-0.05, 0) is 40.0 Å². The maximum absolute atomic E-state index is 11.4. The van der Waals surface area contributed by atoms with Gasteiger partial charge in [-0.25, -0.2) is 4.79 Å². The minimum atomic E-state index is -1.35. The average Bonchev–Trinajstić information content (AvgIpc) is 2.24. The molecule has 0 aliphatic heterocycles. The van der Waals surface area contributed by atoms with Crippen molar-refractivity contribution in [1.29, 1.82) is 0 Å². The molecule has 0 aromatic rings. The van der Waals surface area contributed by atoms with Gasteiger partial charge >= 0.3 is 6.09 Å². The normalized spacial score (nSPS) is 12.4. The van der Waals surface area contributed by atoms with Crippen molar-refractivity contribution in [2.75, 3.05) is 6.54 Å². The van der Waals surface area contributed by atoms with Gasteiger partial charge in [0.25, 0.3) is 0 Å². The Kier molecular flexibility index (Phi) is 7.55. The number of aliphatic carboxylic acids is 1. The Bertz CT molecular complexity index is 312. The molecule has 0 aromatic heterocycles. The molecule has 0 unspecified atom stereocenters. The van der Waals surface area contributed by atoms with Crippen molar-refractivity contribution < 1.29 is 24.2 Å². The topological polar surface area (TPSA) is 108 Å². The van der Waals surface area contributed by atoms with E-state index >= 15 is 0 Å². The molecule has 2 N–H and O–H groups in total. The van der Waals surface area contributed by atoms with Crippen LogP contribution in [-0.4, -0.2) is 36.7 Å². The van der Waals surface area contributed by atoms with E-state index in [1.165, 1.54) is 0 Å². The maximum atomic E-state index is 11.4. The van der Waals surface area contributed by atoms with Crippen LogP contribution in [-0.2, 0) is 14.3 Å². The lowest BCUT2D eigenvalue weighted by Crippen LogP contribution is -2.49. The Labute approximate surface area is 112 Å². The Morgan fingerprint density at radius 2 is 1.95 bits per heavy atom. The number of ether oxygens (including phenoxy) is 1. The van der Waals surface area contributed by atoms with Gasteiger partial charge in [0.1, 0.15) is 5.60 Å². The average molecular weight is 273 g/mol. The van der Waals surface area contributed by atoms with Crippen LogP contribution < -0.4 is 15.7 Å². The number of carboxylic acid groups (broad SMARTS) is 1. The number of nitrogens with one attached hydrogen (secondary N) is 2. The Morgan fingerprint density at radius 1 is 1.32 bits per heavy atom. The number of carbonyl (C=O) groups excluding carboxylic acids is 3. The molecule has 1 atom stereocenters. The molecule has 0 fully saturated rings. The minimum Gasteiger partial charge on any atom is -0.548 e. The Morgan fingerprint density at radius 3 is 2.42 bits per heavy atom. The molecule has 0 saturated heterocycles. The number of alkyl carbamates (subject to hydrolysis) is 1. The fourth-order valence-corrected chi connectivity index (χ4v) is 1.33. The fourth-order valence-electron chi connectivity index (χ4n) is 1.33. The number of carboxylic acids is 1. The predicted octanol–water partition coefficient (Wildman–Crippen LogP) is -0.454. The third-order valence-electron chi connectivity index (χ3n) is 2.12. The highest BCUT2D eigenvalue weighted by Gasteiger charge is 2.19. The molecule has 7 nitrogen and oxygen atoms in total. The van der Waals surface area contributed by atoms with Crippen molar-refractivity contribution in [2.24, 2.45) is 0 Å². The first-order valence-corrected chi connectivity index (χ1v) is 6.13. The van der Waals surface area contributed by atoms with Crippen molar-refractivity contribution in [1.82, 2.24) is 10.6 Å². The van der Waals surface area contributed by atoms with Gasteiger partial charge in [-0.2, -0.15) is 0 Å². The monoisotopic (exact) mass is 273 g/mol. The lowest BCUT2D eigenvalue weighted by molar-refractivity contribution is -0.308. The van der Waals surface area contributed by atoms with Crippen molar-refractivity contribution in [3.63, 3.8) is 0 Å². The molecule has 0 saturated carbocycles. The highest BCUT2D eigenvalue weighted by molar-refractivity contribution is 5.78. The van der Waals surface area contributed by atoms with Crippen LogP contribution in [0.3, 0.4) is 0 Å². The van der Waals surface area contributed by atoms with Crippen LogP contribution in [0.2, 0.25) is 0 Å². The summed E-state index contributed by atoms with van der Waals surface area (Å²) in [4.78, 5) is 32.3. The van der Waals surface area contributed by atoms with E-state index in [0.29, 0.717) is 25.8 Å². The molecule has 0 aliphatic carbocycles. The van der Waals surface area contributed by atoms with Crippen molar-refractivity contribution in [2.45, 2.75) is 51.7 Å².